The van der Waals surface area contributed by atoms with Gasteiger partial charge in [0.1, 0.15) is 0 Å². The molecule has 2 fully saturated rings. The smallest absolute Gasteiger partial charge is 0.222 e. The van der Waals surface area contributed by atoms with Gasteiger partial charge in [-0.25, -0.2) is 0 Å². The minimum Gasteiger partial charge on any atom is -0.343 e. The third kappa shape index (κ3) is 4.96. The molecule has 2 aliphatic rings. The molecule has 4 heteroatoms. The van der Waals surface area contributed by atoms with Crippen molar-refractivity contribution >= 4 is 5.91 Å². The van der Waals surface area contributed by atoms with E-state index in [1.165, 1.54) is 12.8 Å². The summed E-state index contributed by atoms with van der Waals surface area (Å²) >= 11 is 0. The van der Waals surface area contributed by atoms with Gasteiger partial charge in [-0.15, -0.1) is 0 Å². The molecule has 1 N–H and O–H groups in total. The Hall–Kier alpha value is -0.610. The maximum Gasteiger partial charge on any atom is 0.222 e. The zero-order valence-corrected chi connectivity index (χ0v) is 13.9. The maximum atomic E-state index is 12.4. The van der Waals surface area contributed by atoms with Crippen LogP contribution in [0.4, 0.5) is 0 Å². The van der Waals surface area contributed by atoms with E-state index in [9.17, 15) is 4.79 Å². The Morgan fingerprint density at radius 3 is 2.29 bits per heavy atom. The topological polar surface area (TPSA) is 35.6 Å². The van der Waals surface area contributed by atoms with E-state index in [1.807, 2.05) is 0 Å². The van der Waals surface area contributed by atoms with Gasteiger partial charge in [-0.05, 0) is 64.2 Å². The highest BCUT2D eigenvalue weighted by molar-refractivity contribution is 5.76. The first-order valence-corrected chi connectivity index (χ1v) is 8.97. The summed E-state index contributed by atoms with van der Waals surface area (Å²) in [5.41, 5.74) is 0. The van der Waals surface area contributed by atoms with Crippen LogP contribution in [0.2, 0.25) is 0 Å². The van der Waals surface area contributed by atoms with Crippen LogP contribution in [0.15, 0.2) is 0 Å². The fourth-order valence-corrected chi connectivity index (χ4v) is 3.88. The second-order valence-electron chi connectivity index (χ2n) is 6.57. The van der Waals surface area contributed by atoms with Gasteiger partial charge in [-0.3, -0.25) is 4.79 Å². The molecule has 0 aromatic heterocycles. The Labute approximate surface area is 130 Å². The fourth-order valence-electron chi connectivity index (χ4n) is 3.88. The van der Waals surface area contributed by atoms with Crippen molar-refractivity contribution in [2.75, 3.05) is 39.3 Å². The van der Waals surface area contributed by atoms with Crippen molar-refractivity contribution in [1.82, 2.24) is 15.1 Å². The fraction of sp³-hybridized carbons (Fsp3) is 0.941. The summed E-state index contributed by atoms with van der Waals surface area (Å²) in [5, 5.41) is 3.39. The van der Waals surface area contributed by atoms with Crippen LogP contribution in [0, 0.1) is 5.92 Å². The van der Waals surface area contributed by atoms with Crippen molar-refractivity contribution in [2.45, 2.75) is 58.4 Å². The third-order valence-corrected chi connectivity index (χ3v) is 5.37. The molecule has 0 spiro atoms. The molecule has 0 aliphatic carbocycles. The Morgan fingerprint density at radius 2 is 1.71 bits per heavy atom. The number of amides is 1. The average Bonchev–Trinajstić information content (AvgIpc) is 2.55. The largest absolute Gasteiger partial charge is 0.343 e. The number of nitrogens with one attached hydrogen (secondary N) is 1. The molecular weight excluding hydrogens is 262 g/mol. The van der Waals surface area contributed by atoms with Crippen LogP contribution >= 0.6 is 0 Å². The highest BCUT2D eigenvalue weighted by Crippen LogP contribution is 2.21. The van der Waals surface area contributed by atoms with E-state index in [1.54, 1.807) is 0 Å². The Bertz CT molecular complexity index is 303. The van der Waals surface area contributed by atoms with Crippen molar-refractivity contribution in [3.05, 3.63) is 0 Å². The Morgan fingerprint density at radius 1 is 1.10 bits per heavy atom. The van der Waals surface area contributed by atoms with E-state index >= 15 is 0 Å². The average molecular weight is 295 g/mol. The molecule has 122 valence electrons. The third-order valence-electron chi connectivity index (χ3n) is 5.37. The Kier molecular flexibility index (Phi) is 6.97. The minimum absolute atomic E-state index is 0.395. The number of hydrogen-bond acceptors (Lipinski definition) is 3. The van der Waals surface area contributed by atoms with Crippen LogP contribution < -0.4 is 5.32 Å². The monoisotopic (exact) mass is 295 g/mol. The van der Waals surface area contributed by atoms with Gasteiger partial charge in [0.15, 0.2) is 0 Å². The number of piperidine rings is 2. The van der Waals surface area contributed by atoms with Gasteiger partial charge in [0.05, 0.1) is 0 Å². The molecule has 2 saturated heterocycles. The van der Waals surface area contributed by atoms with E-state index < -0.39 is 0 Å². The standard InChI is InChI=1S/C17H33N3O/c1-3-19(4-2)16-9-13-20(14-10-16)17(21)6-5-15-7-11-18-12-8-15/h15-16,18H,3-14H2,1-2H3. The number of hydrogen-bond donors (Lipinski definition) is 1. The first-order valence-electron chi connectivity index (χ1n) is 8.97. The lowest BCUT2D eigenvalue weighted by molar-refractivity contribution is -0.133. The molecule has 4 nitrogen and oxygen atoms in total. The SMILES string of the molecule is CCN(CC)C1CCN(C(=O)CCC2CCNCC2)CC1. The number of likely N-dealkylation sites (tertiary alicyclic amines) is 1. The van der Waals surface area contributed by atoms with E-state index in [2.05, 4.69) is 29.0 Å². The zero-order valence-electron chi connectivity index (χ0n) is 13.9. The van der Waals surface area contributed by atoms with Crippen LogP contribution in [0.5, 0.6) is 0 Å². The van der Waals surface area contributed by atoms with Crippen LogP contribution in [-0.4, -0.2) is 61.0 Å². The van der Waals surface area contributed by atoms with Gasteiger partial charge in [0.25, 0.3) is 0 Å². The quantitative estimate of drug-likeness (QED) is 0.815. The van der Waals surface area contributed by atoms with Gasteiger partial charge in [0, 0.05) is 25.6 Å². The molecule has 0 aromatic carbocycles. The molecule has 0 atom stereocenters. The van der Waals surface area contributed by atoms with Crippen LogP contribution in [-0.2, 0) is 4.79 Å². The molecule has 2 rings (SSSR count). The minimum atomic E-state index is 0.395. The predicted octanol–water partition coefficient (Wildman–Crippen LogP) is 2.10. The molecule has 0 radical (unpaired) electrons. The zero-order chi connectivity index (χ0) is 15.1. The Balaban J connectivity index is 1.67. The van der Waals surface area contributed by atoms with Crippen LogP contribution in [0.3, 0.4) is 0 Å². The molecular formula is C17H33N3O. The highest BCUT2D eigenvalue weighted by Gasteiger charge is 2.25. The van der Waals surface area contributed by atoms with E-state index in [-0.39, 0.29) is 0 Å². The van der Waals surface area contributed by atoms with E-state index in [0.717, 1.165) is 70.9 Å². The molecule has 2 aliphatic heterocycles. The summed E-state index contributed by atoms with van der Waals surface area (Å²) in [6.45, 7) is 10.9. The van der Waals surface area contributed by atoms with Gasteiger partial charge < -0.3 is 15.1 Å². The first kappa shape index (κ1) is 16.8. The predicted molar refractivity (Wildman–Crippen MR) is 87.4 cm³/mol. The van der Waals surface area contributed by atoms with E-state index in [0.29, 0.717) is 11.9 Å². The molecule has 1 amide bonds. The van der Waals surface area contributed by atoms with Crippen molar-refractivity contribution in [2.24, 2.45) is 5.92 Å². The van der Waals surface area contributed by atoms with Crippen LogP contribution in [0.25, 0.3) is 0 Å². The second kappa shape index (κ2) is 8.74. The highest BCUT2D eigenvalue weighted by atomic mass is 16.2. The summed E-state index contributed by atoms with van der Waals surface area (Å²) in [6, 6.07) is 0.688. The molecule has 0 saturated carbocycles. The number of carbonyl (C=O) groups excluding carboxylic acids is 1. The molecule has 0 aromatic rings. The molecule has 0 unspecified atom stereocenters. The van der Waals surface area contributed by atoms with Gasteiger partial charge in [-0.2, -0.15) is 0 Å². The van der Waals surface area contributed by atoms with Crippen molar-refractivity contribution in [1.29, 1.82) is 0 Å². The maximum absolute atomic E-state index is 12.4. The molecule has 21 heavy (non-hydrogen) atoms. The van der Waals surface area contributed by atoms with Crippen LogP contribution in [0.1, 0.15) is 52.4 Å². The van der Waals surface area contributed by atoms with Crippen molar-refractivity contribution < 1.29 is 4.79 Å². The van der Waals surface area contributed by atoms with Gasteiger partial charge in [-0.1, -0.05) is 13.8 Å². The number of nitrogens with zero attached hydrogens (tertiary/aromatic N) is 2. The van der Waals surface area contributed by atoms with Gasteiger partial charge in [0.2, 0.25) is 5.91 Å². The lowest BCUT2D eigenvalue weighted by Crippen LogP contribution is -2.46. The number of carbonyl (C=O) groups is 1. The summed E-state index contributed by atoms with van der Waals surface area (Å²) in [6.07, 6.45) is 6.66. The number of rotatable bonds is 6. The second-order valence-corrected chi connectivity index (χ2v) is 6.57. The summed E-state index contributed by atoms with van der Waals surface area (Å²) in [5.74, 6) is 1.16. The lowest BCUT2D eigenvalue weighted by atomic mass is 9.92. The summed E-state index contributed by atoms with van der Waals surface area (Å²) < 4.78 is 0. The lowest BCUT2D eigenvalue weighted by Gasteiger charge is -2.38. The first-order chi connectivity index (χ1) is 10.2. The van der Waals surface area contributed by atoms with Gasteiger partial charge >= 0.3 is 0 Å². The van der Waals surface area contributed by atoms with Crippen molar-refractivity contribution in [3.63, 3.8) is 0 Å². The summed E-state index contributed by atoms with van der Waals surface area (Å²) in [7, 11) is 0. The summed E-state index contributed by atoms with van der Waals surface area (Å²) in [4.78, 5) is 17.0. The van der Waals surface area contributed by atoms with Crippen molar-refractivity contribution in [3.8, 4) is 0 Å². The molecule has 0 bridgehead atoms. The molecule has 2 heterocycles. The normalized spacial score (nSPS) is 22.0. The van der Waals surface area contributed by atoms with E-state index in [4.69, 9.17) is 0 Å².